The molecule has 2 heterocycles. The molecule has 0 radical (unpaired) electrons. The predicted molar refractivity (Wildman–Crippen MR) is 116 cm³/mol. The van der Waals surface area contributed by atoms with Crippen LogP contribution in [0.25, 0.3) is 11.3 Å². The maximum atomic E-state index is 5.49. The molecule has 0 aliphatic carbocycles. The monoisotopic (exact) mass is 393 g/mol. The third-order valence-corrected chi connectivity index (χ3v) is 6.04. The van der Waals surface area contributed by atoms with Crippen molar-refractivity contribution in [1.29, 1.82) is 0 Å². The zero-order valence-corrected chi connectivity index (χ0v) is 17.2. The largest absolute Gasteiger partial charge is 0.379 e. The molecule has 4 rings (SSSR count). The van der Waals surface area contributed by atoms with Crippen LogP contribution in [-0.2, 0) is 17.7 Å². The highest BCUT2D eigenvalue weighted by molar-refractivity contribution is 7.07. The Labute approximate surface area is 170 Å². The molecule has 28 heavy (non-hydrogen) atoms. The van der Waals surface area contributed by atoms with Gasteiger partial charge in [-0.3, -0.25) is 4.90 Å². The summed E-state index contributed by atoms with van der Waals surface area (Å²) in [5, 5.41) is 2.23. The molecule has 1 aliphatic heterocycles. The zero-order chi connectivity index (χ0) is 19.2. The number of hydrogen-bond donors (Lipinski definition) is 0. The van der Waals surface area contributed by atoms with Crippen LogP contribution in [-0.4, -0.2) is 42.3 Å². The summed E-state index contributed by atoms with van der Waals surface area (Å²) in [7, 11) is 0. The zero-order valence-electron chi connectivity index (χ0n) is 16.4. The third-order valence-electron chi connectivity index (χ3n) is 5.18. The van der Waals surface area contributed by atoms with Gasteiger partial charge in [-0.2, -0.15) is 0 Å². The van der Waals surface area contributed by atoms with Gasteiger partial charge in [0.2, 0.25) is 0 Å². The van der Waals surface area contributed by atoms with E-state index in [4.69, 9.17) is 9.73 Å². The van der Waals surface area contributed by atoms with Gasteiger partial charge >= 0.3 is 0 Å². The first-order valence-electron chi connectivity index (χ1n) is 10.0. The predicted octanol–water partition coefficient (Wildman–Crippen LogP) is 4.34. The Kier molecular flexibility index (Phi) is 6.37. The summed E-state index contributed by atoms with van der Waals surface area (Å²) < 4.78 is 7.85. The van der Waals surface area contributed by atoms with Crippen LogP contribution in [0.4, 0.5) is 5.69 Å². The number of rotatable bonds is 6. The van der Waals surface area contributed by atoms with E-state index in [1.807, 2.05) is 0 Å². The van der Waals surface area contributed by atoms with Crippen molar-refractivity contribution in [3.8, 4) is 11.3 Å². The number of thiazole rings is 1. The number of ether oxygens (including phenoxy) is 1. The normalized spacial score (nSPS) is 15.8. The lowest BCUT2D eigenvalue weighted by Crippen LogP contribution is -2.39. The Morgan fingerprint density at radius 3 is 2.43 bits per heavy atom. The molecule has 0 bridgehead atoms. The van der Waals surface area contributed by atoms with Gasteiger partial charge in [-0.25, -0.2) is 4.99 Å². The first kappa shape index (κ1) is 19.1. The van der Waals surface area contributed by atoms with Gasteiger partial charge in [-0.1, -0.05) is 49.4 Å². The van der Waals surface area contributed by atoms with E-state index in [9.17, 15) is 0 Å². The van der Waals surface area contributed by atoms with E-state index in [0.717, 1.165) is 56.3 Å². The van der Waals surface area contributed by atoms with Gasteiger partial charge in [0, 0.05) is 31.6 Å². The number of aromatic nitrogens is 1. The van der Waals surface area contributed by atoms with Gasteiger partial charge in [0.1, 0.15) is 0 Å². The second kappa shape index (κ2) is 9.32. The van der Waals surface area contributed by atoms with E-state index in [1.165, 1.54) is 16.8 Å². The fourth-order valence-electron chi connectivity index (χ4n) is 3.46. The van der Waals surface area contributed by atoms with Gasteiger partial charge < -0.3 is 9.30 Å². The van der Waals surface area contributed by atoms with E-state index >= 15 is 0 Å². The second-order valence-corrected chi connectivity index (χ2v) is 7.84. The molecule has 0 saturated carbocycles. The molecule has 1 fully saturated rings. The number of morpholine rings is 1. The van der Waals surface area contributed by atoms with Crippen LogP contribution in [0.2, 0.25) is 0 Å². The first-order valence-corrected chi connectivity index (χ1v) is 10.9. The molecular formula is C23H27N3OS. The van der Waals surface area contributed by atoms with E-state index in [0.29, 0.717) is 0 Å². The minimum absolute atomic E-state index is 0.834. The van der Waals surface area contributed by atoms with Crippen molar-refractivity contribution in [2.75, 3.05) is 32.8 Å². The maximum absolute atomic E-state index is 5.49. The topological polar surface area (TPSA) is 29.8 Å². The second-order valence-electron chi connectivity index (χ2n) is 7.01. The average molecular weight is 394 g/mol. The summed E-state index contributed by atoms with van der Waals surface area (Å²) in [6, 6.07) is 19.2. The Morgan fingerprint density at radius 2 is 1.71 bits per heavy atom. The summed E-state index contributed by atoms with van der Waals surface area (Å²) >= 11 is 1.72. The number of nitrogens with zero attached hydrogens (tertiary/aromatic N) is 3. The van der Waals surface area contributed by atoms with Crippen LogP contribution in [0.15, 0.2) is 65.0 Å². The number of aryl methyl sites for hydroxylation is 1. The molecule has 1 aromatic heterocycles. The summed E-state index contributed by atoms with van der Waals surface area (Å²) in [6.07, 6.45) is 1.05. The first-order chi connectivity index (χ1) is 13.8. The van der Waals surface area contributed by atoms with Crippen molar-refractivity contribution in [3.63, 3.8) is 0 Å². The lowest BCUT2D eigenvalue weighted by Gasteiger charge is -2.26. The molecule has 3 aromatic rings. The number of hydrogen-bond acceptors (Lipinski definition) is 4. The van der Waals surface area contributed by atoms with E-state index < -0.39 is 0 Å². The standard InChI is InChI=1S/C23H27N3OS/c1-2-19-8-10-21(11-9-19)24-23-26(13-12-25-14-16-27-17-15-25)22(18-28-23)20-6-4-3-5-7-20/h3-11,18H,2,12-17H2,1H3. The average Bonchev–Trinajstić information content (AvgIpc) is 3.16. The Bertz CT molecular complexity index is 938. The lowest BCUT2D eigenvalue weighted by molar-refractivity contribution is 0.0363. The van der Waals surface area contributed by atoms with Crippen LogP contribution >= 0.6 is 11.3 Å². The van der Waals surface area contributed by atoms with Crippen molar-refractivity contribution in [1.82, 2.24) is 9.47 Å². The van der Waals surface area contributed by atoms with Crippen molar-refractivity contribution in [3.05, 3.63) is 70.3 Å². The minimum Gasteiger partial charge on any atom is -0.379 e. The fourth-order valence-corrected chi connectivity index (χ4v) is 4.41. The van der Waals surface area contributed by atoms with Crippen LogP contribution in [0.5, 0.6) is 0 Å². The quantitative estimate of drug-likeness (QED) is 0.623. The Morgan fingerprint density at radius 1 is 0.964 bits per heavy atom. The van der Waals surface area contributed by atoms with Gasteiger partial charge in [0.15, 0.2) is 4.80 Å². The maximum Gasteiger partial charge on any atom is 0.190 e. The van der Waals surface area contributed by atoms with E-state index in [2.05, 4.69) is 76.4 Å². The van der Waals surface area contributed by atoms with Gasteiger partial charge in [0.25, 0.3) is 0 Å². The molecule has 0 unspecified atom stereocenters. The van der Waals surface area contributed by atoms with Gasteiger partial charge in [-0.05, 0) is 29.7 Å². The molecule has 1 saturated heterocycles. The molecule has 146 valence electrons. The van der Waals surface area contributed by atoms with Crippen LogP contribution in [0, 0.1) is 0 Å². The molecule has 1 aliphatic rings. The van der Waals surface area contributed by atoms with E-state index in [1.54, 1.807) is 11.3 Å². The van der Waals surface area contributed by atoms with Crippen molar-refractivity contribution in [2.24, 2.45) is 4.99 Å². The molecule has 0 atom stereocenters. The molecule has 5 heteroatoms. The molecule has 0 N–H and O–H groups in total. The van der Waals surface area contributed by atoms with E-state index in [-0.39, 0.29) is 0 Å². The van der Waals surface area contributed by atoms with Crippen molar-refractivity contribution in [2.45, 2.75) is 19.9 Å². The van der Waals surface area contributed by atoms with Gasteiger partial charge in [-0.15, -0.1) is 11.3 Å². The highest BCUT2D eigenvalue weighted by Gasteiger charge is 2.13. The SMILES string of the molecule is CCc1ccc(N=c2scc(-c3ccccc3)n2CCN2CCOCC2)cc1. The summed E-state index contributed by atoms with van der Waals surface area (Å²) in [6.45, 7) is 7.81. The highest BCUT2D eigenvalue weighted by atomic mass is 32.1. The summed E-state index contributed by atoms with van der Waals surface area (Å²) in [5.74, 6) is 0. The van der Waals surface area contributed by atoms with Crippen LogP contribution < -0.4 is 4.80 Å². The number of benzene rings is 2. The molecular weight excluding hydrogens is 366 g/mol. The molecule has 0 spiro atoms. The molecule has 4 nitrogen and oxygen atoms in total. The molecule has 0 amide bonds. The summed E-state index contributed by atoms with van der Waals surface area (Å²) in [5.41, 5.74) is 4.83. The van der Waals surface area contributed by atoms with Crippen molar-refractivity contribution >= 4 is 17.0 Å². The smallest absolute Gasteiger partial charge is 0.190 e. The molecule has 2 aromatic carbocycles. The van der Waals surface area contributed by atoms with Crippen LogP contribution in [0.1, 0.15) is 12.5 Å². The lowest BCUT2D eigenvalue weighted by atomic mass is 10.1. The Balaban J connectivity index is 1.66. The van der Waals surface area contributed by atoms with Crippen LogP contribution in [0.3, 0.4) is 0 Å². The van der Waals surface area contributed by atoms with Gasteiger partial charge in [0.05, 0.1) is 24.6 Å². The third kappa shape index (κ3) is 4.61. The van der Waals surface area contributed by atoms with Crippen molar-refractivity contribution < 1.29 is 4.74 Å². The fraction of sp³-hybridized carbons (Fsp3) is 0.348. The Hall–Kier alpha value is -2.21. The minimum atomic E-state index is 0.834. The summed E-state index contributed by atoms with van der Waals surface area (Å²) in [4.78, 5) is 8.49. The highest BCUT2D eigenvalue weighted by Crippen LogP contribution is 2.21.